The third-order valence-electron chi connectivity index (χ3n) is 5.86. The van der Waals surface area contributed by atoms with E-state index in [1.165, 1.54) is 11.1 Å². The summed E-state index contributed by atoms with van der Waals surface area (Å²) < 4.78 is 5.49. The lowest BCUT2D eigenvalue weighted by atomic mass is 10.1. The number of piperidine rings is 1. The molecule has 2 aromatic rings. The largest absolute Gasteiger partial charge is 0.495 e. The molecule has 4 rings (SSSR count). The average molecular weight is 396 g/mol. The minimum Gasteiger partial charge on any atom is -0.495 e. The topological polar surface area (TPSA) is 79.4 Å². The van der Waals surface area contributed by atoms with Gasteiger partial charge in [-0.05, 0) is 55.7 Å². The minimum atomic E-state index is -0.174. The number of amides is 2. The molecule has 29 heavy (non-hydrogen) atoms. The van der Waals surface area contributed by atoms with E-state index in [0.29, 0.717) is 0 Å². The van der Waals surface area contributed by atoms with Crippen molar-refractivity contribution in [3.63, 3.8) is 0 Å². The number of carbonyl (C=O) groups is 1. The molecule has 2 heterocycles. The number of nitrogens with one attached hydrogen (secondary N) is 2. The number of aryl methyl sites for hydroxylation is 2. The van der Waals surface area contributed by atoms with Crippen LogP contribution in [0.15, 0.2) is 24.5 Å². The Hall–Kier alpha value is -2.83. The third-order valence-corrected chi connectivity index (χ3v) is 5.86. The number of methoxy groups -OCH3 is 1. The summed E-state index contributed by atoms with van der Waals surface area (Å²) in [5.74, 6) is 1.66. The lowest BCUT2D eigenvalue weighted by Crippen LogP contribution is -2.49. The number of hydrogen-bond donors (Lipinski definition) is 2. The normalized spacial score (nSPS) is 18.3. The first-order valence-corrected chi connectivity index (χ1v) is 10.5. The molecule has 1 aliphatic heterocycles. The van der Waals surface area contributed by atoms with Crippen molar-refractivity contribution in [2.24, 2.45) is 0 Å². The molecule has 0 radical (unpaired) electrons. The minimum absolute atomic E-state index is 0.0755. The fourth-order valence-electron chi connectivity index (χ4n) is 4.34. The van der Waals surface area contributed by atoms with Crippen LogP contribution in [0.1, 0.15) is 43.0 Å². The second-order valence-electron chi connectivity index (χ2n) is 7.74. The maximum Gasteiger partial charge on any atom is 0.319 e. The summed E-state index contributed by atoms with van der Waals surface area (Å²) >= 11 is 0. The summed E-state index contributed by atoms with van der Waals surface area (Å²) in [5, 5.41) is 6.21. The summed E-state index contributed by atoms with van der Waals surface area (Å²) in [5.41, 5.74) is 4.36. The molecule has 7 nitrogen and oxygen atoms in total. The van der Waals surface area contributed by atoms with Crippen LogP contribution in [0.5, 0.6) is 5.75 Å². The summed E-state index contributed by atoms with van der Waals surface area (Å²) in [7, 11) is 1.64. The standard InChI is InChI=1S/C22H29N5O2/c1-3-16-12-20(24-14-23-16)27-11-5-7-17(13-27)25-22(28)26-21-18-8-4-6-15(18)9-10-19(21)29-2/h9-10,12,14,17H,3-8,11,13H2,1-2H3,(H2,25,26,28). The molecule has 1 aromatic heterocycles. The molecule has 7 heteroatoms. The molecule has 0 bridgehead atoms. The van der Waals surface area contributed by atoms with Crippen molar-refractivity contribution in [3.05, 3.63) is 41.3 Å². The van der Waals surface area contributed by atoms with Crippen LogP contribution in [0, 0.1) is 0 Å². The predicted molar refractivity (Wildman–Crippen MR) is 114 cm³/mol. The van der Waals surface area contributed by atoms with Gasteiger partial charge in [0.05, 0.1) is 12.8 Å². The molecular formula is C22H29N5O2. The van der Waals surface area contributed by atoms with Crippen molar-refractivity contribution < 1.29 is 9.53 Å². The van der Waals surface area contributed by atoms with E-state index < -0.39 is 0 Å². The van der Waals surface area contributed by atoms with Gasteiger partial charge in [-0.15, -0.1) is 0 Å². The Bertz CT molecular complexity index is 886. The molecule has 1 fully saturated rings. The molecule has 0 spiro atoms. The molecule has 1 aromatic carbocycles. The number of aromatic nitrogens is 2. The van der Waals surface area contributed by atoms with Gasteiger partial charge in [0.25, 0.3) is 0 Å². The maximum atomic E-state index is 12.8. The van der Waals surface area contributed by atoms with Crippen LogP contribution in [-0.4, -0.2) is 42.2 Å². The van der Waals surface area contributed by atoms with E-state index in [1.807, 2.05) is 12.1 Å². The van der Waals surface area contributed by atoms with Crippen molar-refractivity contribution in [3.8, 4) is 5.75 Å². The van der Waals surface area contributed by atoms with Crippen molar-refractivity contribution in [1.29, 1.82) is 0 Å². The summed E-state index contributed by atoms with van der Waals surface area (Å²) in [6.45, 7) is 3.78. The van der Waals surface area contributed by atoms with Gasteiger partial charge in [-0.2, -0.15) is 0 Å². The van der Waals surface area contributed by atoms with Gasteiger partial charge in [0.1, 0.15) is 17.9 Å². The Morgan fingerprint density at radius 2 is 2.17 bits per heavy atom. The van der Waals surface area contributed by atoms with Gasteiger partial charge < -0.3 is 20.3 Å². The van der Waals surface area contributed by atoms with Crippen molar-refractivity contribution in [2.75, 3.05) is 30.4 Å². The molecule has 2 N–H and O–H groups in total. The predicted octanol–water partition coefficient (Wildman–Crippen LogP) is 3.33. The van der Waals surface area contributed by atoms with E-state index >= 15 is 0 Å². The quantitative estimate of drug-likeness (QED) is 0.812. The summed E-state index contributed by atoms with van der Waals surface area (Å²) in [4.78, 5) is 23.7. The third kappa shape index (κ3) is 4.28. The molecule has 154 valence electrons. The second kappa shape index (κ2) is 8.68. The smallest absolute Gasteiger partial charge is 0.319 e. The van der Waals surface area contributed by atoms with Gasteiger partial charge in [-0.25, -0.2) is 14.8 Å². The van der Waals surface area contributed by atoms with Gasteiger partial charge in [-0.3, -0.25) is 0 Å². The summed E-state index contributed by atoms with van der Waals surface area (Å²) in [6.07, 6.45) is 7.64. The number of anilines is 2. The van der Waals surface area contributed by atoms with Crippen LogP contribution in [0.3, 0.4) is 0 Å². The molecule has 1 saturated heterocycles. The second-order valence-corrected chi connectivity index (χ2v) is 7.74. The highest BCUT2D eigenvalue weighted by molar-refractivity contribution is 5.92. The lowest BCUT2D eigenvalue weighted by molar-refractivity contribution is 0.246. The van der Waals surface area contributed by atoms with Crippen molar-refractivity contribution in [2.45, 2.75) is 51.5 Å². The van der Waals surface area contributed by atoms with Gasteiger partial charge in [0.2, 0.25) is 0 Å². The molecule has 2 amide bonds. The molecule has 1 aliphatic carbocycles. The number of hydrogen-bond acceptors (Lipinski definition) is 5. The van der Waals surface area contributed by atoms with Gasteiger partial charge in [-0.1, -0.05) is 13.0 Å². The summed E-state index contributed by atoms with van der Waals surface area (Å²) in [6, 6.07) is 6.00. The molecule has 1 atom stereocenters. The first-order valence-electron chi connectivity index (χ1n) is 10.5. The first-order chi connectivity index (χ1) is 14.2. The number of ether oxygens (including phenoxy) is 1. The molecule has 1 unspecified atom stereocenters. The molecule has 0 saturated carbocycles. The van der Waals surface area contributed by atoms with Crippen LogP contribution in [0.4, 0.5) is 16.3 Å². The van der Waals surface area contributed by atoms with Crippen LogP contribution < -0.4 is 20.3 Å². The van der Waals surface area contributed by atoms with E-state index in [-0.39, 0.29) is 12.1 Å². The Morgan fingerprint density at radius 3 is 3.00 bits per heavy atom. The van der Waals surface area contributed by atoms with E-state index in [2.05, 4.69) is 38.5 Å². The number of nitrogens with zero attached hydrogens (tertiary/aromatic N) is 3. The number of carbonyl (C=O) groups excluding carboxylic acids is 1. The van der Waals surface area contributed by atoms with E-state index in [1.54, 1.807) is 13.4 Å². The van der Waals surface area contributed by atoms with E-state index in [4.69, 9.17) is 4.74 Å². The fraction of sp³-hybridized carbons (Fsp3) is 0.500. The Balaban J connectivity index is 1.42. The van der Waals surface area contributed by atoms with Gasteiger partial charge in [0.15, 0.2) is 0 Å². The highest BCUT2D eigenvalue weighted by Gasteiger charge is 2.24. The first kappa shape index (κ1) is 19.5. The zero-order valence-electron chi connectivity index (χ0n) is 17.2. The number of fused-ring (bicyclic) bond motifs is 1. The zero-order chi connectivity index (χ0) is 20.2. The number of benzene rings is 1. The Kier molecular flexibility index (Phi) is 5.83. The van der Waals surface area contributed by atoms with Gasteiger partial charge in [0, 0.05) is 30.9 Å². The lowest BCUT2D eigenvalue weighted by Gasteiger charge is -2.34. The van der Waals surface area contributed by atoms with Crippen LogP contribution in [-0.2, 0) is 19.3 Å². The van der Waals surface area contributed by atoms with Crippen LogP contribution in [0.2, 0.25) is 0 Å². The average Bonchev–Trinajstić information content (AvgIpc) is 3.23. The van der Waals surface area contributed by atoms with Crippen molar-refractivity contribution in [1.82, 2.24) is 15.3 Å². The molecule has 2 aliphatic rings. The number of urea groups is 1. The Morgan fingerprint density at radius 1 is 1.28 bits per heavy atom. The van der Waals surface area contributed by atoms with Crippen LogP contribution in [0.25, 0.3) is 0 Å². The Labute approximate surface area is 171 Å². The SMILES string of the molecule is CCc1cc(N2CCCC(NC(=O)Nc3c(OC)ccc4c3CCC4)C2)ncn1. The number of rotatable bonds is 5. The highest BCUT2D eigenvalue weighted by atomic mass is 16.5. The fourth-order valence-corrected chi connectivity index (χ4v) is 4.34. The zero-order valence-corrected chi connectivity index (χ0v) is 17.2. The highest BCUT2D eigenvalue weighted by Crippen LogP contribution is 2.36. The van der Waals surface area contributed by atoms with E-state index in [9.17, 15) is 4.79 Å². The van der Waals surface area contributed by atoms with E-state index in [0.717, 1.165) is 74.6 Å². The molecular weight excluding hydrogens is 366 g/mol. The maximum absolute atomic E-state index is 12.8. The van der Waals surface area contributed by atoms with Crippen LogP contribution >= 0.6 is 0 Å². The monoisotopic (exact) mass is 395 g/mol. The van der Waals surface area contributed by atoms with Crippen molar-refractivity contribution >= 4 is 17.5 Å². The van der Waals surface area contributed by atoms with Gasteiger partial charge >= 0.3 is 6.03 Å².